The first-order valence-electron chi connectivity index (χ1n) is 19.0. The first kappa shape index (κ1) is 31.9. The van der Waals surface area contributed by atoms with Crippen molar-refractivity contribution in [2.24, 2.45) is 0 Å². The minimum Gasteiger partial charge on any atom is -0.453 e. The molecule has 0 fully saturated rings. The molecule has 0 aliphatic heterocycles. The Bertz CT molecular complexity index is 3460. The molecule has 4 aromatic heterocycles. The number of para-hydroxylation sites is 2. The predicted octanol–water partition coefficient (Wildman–Crippen LogP) is 13.9. The number of fused-ring (bicyclic) bond motifs is 10. The summed E-state index contributed by atoms with van der Waals surface area (Å²) in [5, 5.41) is 6.94. The van der Waals surface area contributed by atoms with Crippen LogP contribution in [0, 0.1) is 0 Å². The van der Waals surface area contributed by atoms with Crippen molar-refractivity contribution in [3.8, 4) is 51.0 Å². The molecule has 6 heteroatoms. The summed E-state index contributed by atoms with van der Waals surface area (Å²) in [4.78, 5) is 15.1. The summed E-state index contributed by atoms with van der Waals surface area (Å²) in [6.07, 6.45) is 0. The molecule has 57 heavy (non-hydrogen) atoms. The quantitative estimate of drug-likeness (QED) is 0.176. The molecule has 0 saturated carbocycles. The Kier molecular flexibility index (Phi) is 7.03. The van der Waals surface area contributed by atoms with Gasteiger partial charge in [0, 0.05) is 58.5 Å². The number of hydrogen-bond acceptors (Lipinski definition) is 5. The Balaban J connectivity index is 1.12. The van der Waals surface area contributed by atoms with E-state index < -0.39 is 0 Å². The zero-order valence-corrected chi connectivity index (χ0v) is 31.2. The van der Waals surface area contributed by atoms with Gasteiger partial charge in [-0.2, -0.15) is 0 Å². The maximum absolute atomic E-state index is 7.12. The number of benzene rings is 8. The average molecular weight is 747 g/mol. The van der Waals surface area contributed by atoms with Crippen LogP contribution >= 0.6 is 11.3 Å². The standard InChI is InChI=1S/C51H30N4OS/c1-4-14-31(15-5-1)49-52-50(32-16-6-2-7-17-32)54-51(53-49)42-24-13-22-39-40-29-28-38-36-27-26-33(35-21-12-23-41-37-20-10-11-25-44(37)57-48(35)41)30-43(36)55(34-18-8-3-9-19-34)45(38)47(40)56-46(39)42/h1-30H. The summed E-state index contributed by atoms with van der Waals surface area (Å²) in [6.45, 7) is 0. The molecule has 12 aromatic rings. The van der Waals surface area contributed by atoms with Gasteiger partial charge in [0.25, 0.3) is 0 Å². The van der Waals surface area contributed by atoms with E-state index in [9.17, 15) is 0 Å². The lowest BCUT2D eigenvalue weighted by molar-refractivity contribution is 0.671. The van der Waals surface area contributed by atoms with Gasteiger partial charge in [-0.15, -0.1) is 11.3 Å². The van der Waals surface area contributed by atoms with Gasteiger partial charge in [0.05, 0.1) is 16.6 Å². The van der Waals surface area contributed by atoms with Crippen molar-refractivity contribution in [1.82, 2.24) is 19.5 Å². The molecule has 0 saturated heterocycles. The molecule has 4 heterocycles. The van der Waals surface area contributed by atoms with Gasteiger partial charge in [0.1, 0.15) is 5.58 Å². The van der Waals surface area contributed by atoms with Crippen LogP contribution < -0.4 is 0 Å². The molecular formula is C51H30N4OS. The molecule has 0 radical (unpaired) electrons. The van der Waals surface area contributed by atoms with Crippen molar-refractivity contribution in [2.75, 3.05) is 0 Å². The zero-order chi connectivity index (χ0) is 37.5. The third-order valence-corrected chi connectivity index (χ3v) is 12.3. The normalized spacial score (nSPS) is 11.9. The Morgan fingerprint density at radius 1 is 0.404 bits per heavy atom. The molecule has 5 nitrogen and oxygen atoms in total. The number of aromatic nitrogens is 4. The van der Waals surface area contributed by atoms with Gasteiger partial charge >= 0.3 is 0 Å². The fraction of sp³-hybridized carbons (Fsp3) is 0. The molecule has 8 aromatic carbocycles. The Morgan fingerprint density at radius 2 is 0.982 bits per heavy atom. The smallest absolute Gasteiger partial charge is 0.167 e. The average Bonchev–Trinajstić information content (AvgIpc) is 3.97. The largest absolute Gasteiger partial charge is 0.453 e. The van der Waals surface area contributed by atoms with Crippen LogP contribution in [-0.4, -0.2) is 19.5 Å². The van der Waals surface area contributed by atoms with Crippen LogP contribution in [0.3, 0.4) is 0 Å². The van der Waals surface area contributed by atoms with Gasteiger partial charge in [-0.3, -0.25) is 0 Å². The second-order valence-corrected chi connectivity index (χ2v) is 15.4. The van der Waals surface area contributed by atoms with Crippen LogP contribution in [0.4, 0.5) is 0 Å². The number of rotatable bonds is 5. The topological polar surface area (TPSA) is 56.7 Å². The second-order valence-electron chi connectivity index (χ2n) is 14.3. The van der Waals surface area contributed by atoms with Gasteiger partial charge in [-0.25, -0.2) is 15.0 Å². The highest BCUT2D eigenvalue weighted by atomic mass is 32.1. The minimum absolute atomic E-state index is 0.562. The molecule has 0 spiro atoms. The Morgan fingerprint density at radius 3 is 1.74 bits per heavy atom. The molecule has 0 unspecified atom stereocenters. The van der Waals surface area contributed by atoms with Gasteiger partial charge < -0.3 is 8.98 Å². The van der Waals surface area contributed by atoms with Gasteiger partial charge in [0.15, 0.2) is 23.1 Å². The maximum atomic E-state index is 7.12. The highest BCUT2D eigenvalue weighted by Crippen LogP contribution is 2.45. The van der Waals surface area contributed by atoms with Gasteiger partial charge in [0.2, 0.25) is 0 Å². The number of nitrogens with zero attached hydrogens (tertiary/aromatic N) is 4. The van der Waals surface area contributed by atoms with E-state index in [1.165, 1.54) is 36.7 Å². The number of thiophene rings is 1. The van der Waals surface area contributed by atoms with Crippen molar-refractivity contribution >= 4 is 75.3 Å². The molecule has 12 rings (SSSR count). The summed E-state index contributed by atoms with van der Waals surface area (Å²) in [5.41, 5.74) is 9.86. The van der Waals surface area contributed by atoms with Crippen LogP contribution in [0.25, 0.3) is 115 Å². The fourth-order valence-electron chi connectivity index (χ4n) is 8.44. The van der Waals surface area contributed by atoms with Crippen LogP contribution in [0.2, 0.25) is 0 Å². The van der Waals surface area contributed by atoms with Gasteiger partial charge in [-0.05, 0) is 47.5 Å². The summed E-state index contributed by atoms with van der Waals surface area (Å²) in [5.74, 6) is 1.79. The van der Waals surface area contributed by atoms with Crippen molar-refractivity contribution < 1.29 is 4.42 Å². The molecule has 0 atom stereocenters. The summed E-state index contributed by atoms with van der Waals surface area (Å²) >= 11 is 1.86. The number of hydrogen-bond donors (Lipinski definition) is 0. The highest BCUT2D eigenvalue weighted by molar-refractivity contribution is 7.26. The second kappa shape index (κ2) is 12.6. The van der Waals surface area contributed by atoms with Crippen molar-refractivity contribution in [3.63, 3.8) is 0 Å². The maximum Gasteiger partial charge on any atom is 0.167 e. The molecule has 0 amide bonds. The van der Waals surface area contributed by atoms with Gasteiger partial charge in [-0.1, -0.05) is 146 Å². The van der Waals surface area contributed by atoms with E-state index in [1.807, 2.05) is 72.0 Å². The summed E-state index contributed by atoms with van der Waals surface area (Å²) < 4.78 is 12.1. The van der Waals surface area contributed by atoms with E-state index >= 15 is 0 Å². The van der Waals surface area contributed by atoms with Crippen molar-refractivity contribution in [2.45, 2.75) is 0 Å². The van der Waals surface area contributed by atoms with Crippen molar-refractivity contribution in [3.05, 3.63) is 182 Å². The molecule has 0 N–H and O–H groups in total. The van der Waals surface area contributed by atoms with E-state index in [0.717, 1.165) is 60.7 Å². The summed E-state index contributed by atoms with van der Waals surface area (Å²) in [6, 6.07) is 63.7. The highest BCUT2D eigenvalue weighted by Gasteiger charge is 2.23. The van der Waals surface area contributed by atoms with Crippen LogP contribution in [0.15, 0.2) is 186 Å². The lowest BCUT2D eigenvalue weighted by atomic mass is 10.0. The molecule has 266 valence electrons. The van der Waals surface area contributed by atoms with Crippen LogP contribution in [-0.2, 0) is 0 Å². The third-order valence-electron chi connectivity index (χ3n) is 11.1. The molecule has 0 bridgehead atoms. The molecular weight excluding hydrogens is 717 g/mol. The first-order chi connectivity index (χ1) is 28.3. The van der Waals surface area contributed by atoms with E-state index in [-0.39, 0.29) is 0 Å². The third kappa shape index (κ3) is 4.98. The first-order valence-corrected chi connectivity index (χ1v) is 19.8. The Labute approximate surface area is 330 Å². The van der Waals surface area contributed by atoms with Crippen molar-refractivity contribution in [1.29, 1.82) is 0 Å². The lowest BCUT2D eigenvalue weighted by Crippen LogP contribution is -2.00. The fourth-order valence-corrected chi connectivity index (χ4v) is 9.68. The lowest BCUT2D eigenvalue weighted by Gasteiger charge is -2.09. The summed E-state index contributed by atoms with van der Waals surface area (Å²) in [7, 11) is 0. The molecule has 0 aliphatic carbocycles. The predicted molar refractivity (Wildman–Crippen MR) is 236 cm³/mol. The van der Waals surface area contributed by atoms with E-state index in [1.54, 1.807) is 0 Å². The van der Waals surface area contributed by atoms with Crippen LogP contribution in [0.1, 0.15) is 0 Å². The minimum atomic E-state index is 0.562. The van der Waals surface area contributed by atoms with E-state index in [2.05, 4.69) is 126 Å². The Hall–Kier alpha value is -7.41. The SMILES string of the molecule is c1ccc(-c2nc(-c3ccccc3)nc(-c3cccc4c3oc3c4ccc4c5ccc(-c6cccc7c6sc6ccccc67)cc5n(-c5ccccc5)c43)n2)cc1. The number of furan rings is 1. The van der Waals surface area contributed by atoms with Crippen LogP contribution in [0.5, 0.6) is 0 Å². The molecule has 0 aliphatic rings. The van der Waals surface area contributed by atoms with E-state index in [0.29, 0.717) is 17.5 Å². The monoisotopic (exact) mass is 746 g/mol. The van der Waals surface area contributed by atoms with E-state index in [4.69, 9.17) is 19.4 Å². The zero-order valence-electron chi connectivity index (χ0n) is 30.4.